The molecule has 0 aliphatic carbocycles. The van der Waals surface area contributed by atoms with E-state index >= 15 is 0 Å². The lowest BCUT2D eigenvalue weighted by Crippen LogP contribution is -2.53. The molecule has 0 saturated carbocycles. The van der Waals surface area contributed by atoms with Crippen molar-refractivity contribution >= 4 is 18.0 Å². The topological polar surface area (TPSA) is 77.5 Å². The number of likely N-dealkylation sites (N-methyl/N-ethyl adjacent to an activating group) is 1. The number of carbonyl (C=O) groups is 2. The van der Waals surface area contributed by atoms with Crippen LogP contribution in [0.25, 0.3) is 0 Å². The molecule has 8 nitrogen and oxygen atoms in total. The highest BCUT2D eigenvalue weighted by Gasteiger charge is 2.21. The van der Waals surface area contributed by atoms with E-state index in [0.717, 1.165) is 25.6 Å². The maximum absolute atomic E-state index is 12.0. The van der Waals surface area contributed by atoms with Gasteiger partial charge in [0.05, 0.1) is 6.54 Å². The standard InChI is InChI=1S/C17H33N5O3/c1-7-18-15(22-12-10-21(11-13-22)14(2)23)19-8-9-20(6)16(24)25-17(3,4)5/h7-13H2,1-6H3,(H,18,19). The van der Waals surface area contributed by atoms with E-state index in [2.05, 4.69) is 15.2 Å². The minimum atomic E-state index is -0.500. The first-order valence-electron chi connectivity index (χ1n) is 8.87. The lowest BCUT2D eigenvalue weighted by molar-refractivity contribution is -0.130. The fraction of sp³-hybridized carbons (Fsp3) is 0.824. The summed E-state index contributed by atoms with van der Waals surface area (Å²) in [5.74, 6) is 0.934. The van der Waals surface area contributed by atoms with Gasteiger partial charge in [-0.3, -0.25) is 9.79 Å². The van der Waals surface area contributed by atoms with Crippen LogP contribution in [0.3, 0.4) is 0 Å². The van der Waals surface area contributed by atoms with E-state index in [-0.39, 0.29) is 12.0 Å². The summed E-state index contributed by atoms with van der Waals surface area (Å²) < 4.78 is 5.33. The van der Waals surface area contributed by atoms with Gasteiger partial charge in [-0.15, -0.1) is 0 Å². The Labute approximate surface area is 151 Å². The van der Waals surface area contributed by atoms with E-state index in [4.69, 9.17) is 4.74 Å². The fourth-order valence-electron chi connectivity index (χ4n) is 2.40. The molecule has 8 heteroatoms. The quantitative estimate of drug-likeness (QED) is 0.601. The van der Waals surface area contributed by atoms with Crippen molar-refractivity contribution in [2.75, 3.05) is 52.9 Å². The summed E-state index contributed by atoms with van der Waals surface area (Å²) in [6.07, 6.45) is -0.345. The van der Waals surface area contributed by atoms with Gasteiger partial charge in [-0.2, -0.15) is 0 Å². The monoisotopic (exact) mass is 355 g/mol. The second-order valence-corrected chi connectivity index (χ2v) is 7.13. The van der Waals surface area contributed by atoms with Crippen molar-refractivity contribution in [2.24, 2.45) is 4.99 Å². The second-order valence-electron chi connectivity index (χ2n) is 7.13. The molecule has 0 atom stereocenters. The van der Waals surface area contributed by atoms with Crippen LogP contribution in [0, 0.1) is 0 Å². The first kappa shape index (κ1) is 21.1. The largest absolute Gasteiger partial charge is 0.444 e. The van der Waals surface area contributed by atoms with Gasteiger partial charge in [0.1, 0.15) is 5.60 Å². The number of ether oxygens (including phenoxy) is 1. The van der Waals surface area contributed by atoms with Crippen molar-refractivity contribution in [1.29, 1.82) is 0 Å². The van der Waals surface area contributed by atoms with Crippen molar-refractivity contribution in [1.82, 2.24) is 20.0 Å². The molecule has 1 N–H and O–H groups in total. The van der Waals surface area contributed by atoms with Gasteiger partial charge in [0.25, 0.3) is 0 Å². The zero-order valence-electron chi connectivity index (χ0n) is 16.5. The van der Waals surface area contributed by atoms with E-state index in [1.165, 1.54) is 4.90 Å². The number of piperazine rings is 1. The van der Waals surface area contributed by atoms with Crippen LogP contribution in [-0.4, -0.2) is 91.1 Å². The predicted octanol–water partition coefficient (Wildman–Crippen LogP) is 0.983. The van der Waals surface area contributed by atoms with E-state index in [1.54, 1.807) is 14.0 Å². The lowest BCUT2D eigenvalue weighted by atomic mass is 10.2. The molecule has 0 aromatic carbocycles. The number of amides is 2. The molecule has 2 amide bonds. The molecule has 1 fully saturated rings. The number of carbonyl (C=O) groups excluding carboxylic acids is 2. The maximum atomic E-state index is 12.0. The van der Waals surface area contributed by atoms with Crippen LogP contribution in [0.4, 0.5) is 4.79 Å². The molecule has 25 heavy (non-hydrogen) atoms. The Balaban J connectivity index is 2.53. The molecular weight excluding hydrogens is 322 g/mol. The molecule has 0 unspecified atom stereocenters. The number of rotatable bonds is 4. The van der Waals surface area contributed by atoms with Crippen LogP contribution in [0.5, 0.6) is 0 Å². The first-order chi connectivity index (χ1) is 11.6. The van der Waals surface area contributed by atoms with Crippen molar-refractivity contribution in [3.8, 4) is 0 Å². The molecule has 0 aromatic rings. The average Bonchev–Trinajstić information content (AvgIpc) is 2.52. The summed E-state index contributed by atoms with van der Waals surface area (Å²) in [7, 11) is 1.71. The lowest BCUT2D eigenvalue weighted by Gasteiger charge is -2.36. The minimum Gasteiger partial charge on any atom is -0.444 e. The Morgan fingerprint density at radius 3 is 2.20 bits per heavy atom. The molecule has 0 bridgehead atoms. The fourth-order valence-corrected chi connectivity index (χ4v) is 2.40. The SMILES string of the molecule is CCNC(=NCCN(C)C(=O)OC(C)(C)C)N1CCN(C(C)=O)CC1. The van der Waals surface area contributed by atoms with Crippen LogP contribution in [0.15, 0.2) is 4.99 Å². The number of nitrogens with one attached hydrogen (secondary N) is 1. The van der Waals surface area contributed by atoms with Crippen LogP contribution in [-0.2, 0) is 9.53 Å². The van der Waals surface area contributed by atoms with Gasteiger partial charge in [-0.05, 0) is 27.7 Å². The van der Waals surface area contributed by atoms with E-state index in [1.807, 2.05) is 32.6 Å². The summed E-state index contributed by atoms with van der Waals surface area (Å²) in [5.41, 5.74) is -0.500. The molecule has 1 aliphatic heterocycles. The molecule has 0 spiro atoms. The third-order valence-electron chi connectivity index (χ3n) is 3.76. The van der Waals surface area contributed by atoms with Crippen molar-refractivity contribution < 1.29 is 14.3 Å². The zero-order chi connectivity index (χ0) is 19.0. The number of guanidine groups is 1. The first-order valence-corrected chi connectivity index (χ1v) is 8.87. The maximum Gasteiger partial charge on any atom is 0.410 e. The molecule has 1 aliphatic rings. The average molecular weight is 355 g/mol. The van der Waals surface area contributed by atoms with Gasteiger partial charge in [-0.25, -0.2) is 4.79 Å². The summed E-state index contributed by atoms with van der Waals surface area (Å²) in [5, 5.41) is 3.28. The van der Waals surface area contributed by atoms with E-state index in [0.29, 0.717) is 26.2 Å². The van der Waals surface area contributed by atoms with Gasteiger partial charge < -0.3 is 24.8 Å². The smallest absolute Gasteiger partial charge is 0.410 e. The third kappa shape index (κ3) is 7.62. The molecule has 1 rings (SSSR count). The number of aliphatic imine (C=N–C) groups is 1. The van der Waals surface area contributed by atoms with Crippen LogP contribution >= 0.6 is 0 Å². The molecular formula is C17H33N5O3. The van der Waals surface area contributed by atoms with Crippen LogP contribution < -0.4 is 5.32 Å². The highest BCUT2D eigenvalue weighted by Crippen LogP contribution is 2.09. The highest BCUT2D eigenvalue weighted by molar-refractivity contribution is 5.80. The van der Waals surface area contributed by atoms with E-state index < -0.39 is 5.60 Å². The summed E-state index contributed by atoms with van der Waals surface area (Å²) >= 11 is 0. The van der Waals surface area contributed by atoms with Gasteiger partial charge in [0.15, 0.2) is 5.96 Å². The predicted molar refractivity (Wildman–Crippen MR) is 98.7 cm³/mol. The molecule has 0 aromatic heterocycles. The van der Waals surface area contributed by atoms with Crippen LogP contribution in [0.2, 0.25) is 0 Å². The van der Waals surface area contributed by atoms with Gasteiger partial charge in [0, 0.05) is 53.2 Å². The van der Waals surface area contributed by atoms with Crippen LogP contribution in [0.1, 0.15) is 34.6 Å². The Morgan fingerprint density at radius 1 is 1.16 bits per heavy atom. The number of hydrogen-bond acceptors (Lipinski definition) is 4. The molecule has 144 valence electrons. The Kier molecular flexibility index (Phi) is 7.99. The normalized spacial score (nSPS) is 15.8. The zero-order valence-corrected chi connectivity index (χ0v) is 16.5. The summed E-state index contributed by atoms with van der Waals surface area (Å²) in [6, 6.07) is 0. The number of hydrogen-bond donors (Lipinski definition) is 1. The highest BCUT2D eigenvalue weighted by atomic mass is 16.6. The summed E-state index contributed by atoms with van der Waals surface area (Å²) in [4.78, 5) is 33.5. The van der Waals surface area contributed by atoms with Gasteiger partial charge in [-0.1, -0.05) is 0 Å². The Hall–Kier alpha value is -1.99. The molecule has 1 saturated heterocycles. The minimum absolute atomic E-state index is 0.112. The van der Waals surface area contributed by atoms with E-state index in [9.17, 15) is 9.59 Å². The Morgan fingerprint density at radius 2 is 1.72 bits per heavy atom. The summed E-state index contributed by atoms with van der Waals surface area (Å²) in [6.45, 7) is 13.8. The van der Waals surface area contributed by atoms with Crippen molar-refractivity contribution in [3.63, 3.8) is 0 Å². The Bertz CT molecular complexity index is 479. The van der Waals surface area contributed by atoms with Crippen molar-refractivity contribution in [3.05, 3.63) is 0 Å². The van der Waals surface area contributed by atoms with Gasteiger partial charge >= 0.3 is 6.09 Å². The molecule has 1 heterocycles. The second kappa shape index (κ2) is 9.48. The third-order valence-corrected chi connectivity index (χ3v) is 3.76. The van der Waals surface area contributed by atoms with Gasteiger partial charge in [0.2, 0.25) is 5.91 Å². The molecule has 0 radical (unpaired) electrons. The number of nitrogens with zero attached hydrogens (tertiary/aromatic N) is 4. The van der Waals surface area contributed by atoms with Crippen molar-refractivity contribution in [2.45, 2.75) is 40.2 Å².